The molecule has 120 valence electrons. The smallest absolute Gasteiger partial charge is 0.305 e. The summed E-state index contributed by atoms with van der Waals surface area (Å²) in [5, 5.41) is 0. The van der Waals surface area contributed by atoms with E-state index in [4.69, 9.17) is 18.9 Å². The molecule has 0 amide bonds. The Morgan fingerprint density at radius 2 is 1.40 bits per heavy atom. The Hall–Kier alpha value is -0.720. The summed E-state index contributed by atoms with van der Waals surface area (Å²) in [5.41, 5.74) is 0. The van der Waals surface area contributed by atoms with Crippen molar-refractivity contribution in [2.45, 2.75) is 32.6 Å². The molecule has 20 heavy (non-hydrogen) atoms. The molecule has 0 rings (SSSR count). The molecule has 0 aliphatic heterocycles. The van der Waals surface area contributed by atoms with Gasteiger partial charge in [0.2, 0.25) is 0 Å². The second-order valence-electron chi connectivity index (χ2n) is 4.20. The van der Waals surface area contributed by atoms with E-state index in [0.717, 1.165) is 19.3 Å². The number of carbonyl (C=O) groups is 1. The van der Waals surface area contributed by atoms with Crippen molar-refractivity contribution >= 4 is 5.97 Å². The van der Waals surface area contributed by atoms with Gasteiger partial charge in [0, 0.05) is 6.42 Å². The van der Waals surface area contributed by atoms with E-state index in [1.807, 2.05) is 0 Å². The van der Waals surface area contributed by atoms with Gasteiger partial charge in [-0.3, -0.25) is 4.79 Å². The highest BCUT2D eigenvalue weighted by molar-refractivity contribution is 5.69. The number of carbonyl (C=O) groups excluding carboxylic acids is 1. The second-order valence-corrected chi connectivity index (χ2v) is 4.20. The molecule has 0 heterocycles. The summed E-state index contributed by atoms with van der Waals surface area (Å²) >= 11 is 0. The molecule has 0 radical (unpaired) electrons. The summed E-state index contributed by atoms with van der Waals surface area (Å²) in [4.78, 5) is 11.2. The topological polar surface area (TPSA) is 54.0 Å². The third-order valence-corrected chi connectivity index (χ3v) is 2.44. The highest BCUT2D eigenvalue weighted by atomic mass is 19.1. The predicted molar refractivity (Wildman–Crippen MR) is 73.5 cm³/mol. The van der Waals surface area contributed by atoms with Gasteiger partial charge in [0.1, 0.15) is 13.3 Å². The van der Waals surface area contributed by atoms with Gasteiger partial charge >= 0.3 is 5.97 Å². The molecular weight excluding hydrogens is 267 g/mol. The number of hydrogen-bond acceptors (Lipinski definition) is 5. The first-order chi connectivity index (χ1) is 9.81. The van der Waals surface area contributed by atoms with E-state index < -0.39 is 6.67 Å². The zero-order valence-electron chi connectivity index (χ0n) is 12.4. The van der Waals surface area contributed by atoms with Gasteiger partial charge in [0.25, 0.3) is 0 Å². The largest absolute Gasteiger partial charge is 0.463 e. The summed E-state index contributed by atoms with van der Waals surface area (Å²) < 4.78 is 32.0. The zero-order valence-corrected chi connectivity index (χ0v) is 12.4. The normalized spacial score (nSPS) is 10.7. The third kappa shape index (κ3) is 15.3. The second kappa shape index (κ2) is 16.3. The van der Waals surface area contributed by atoms with Crippen molar-refractivity contribution in [1.82, 2.24) is 0 Å². The number of esters is 1. The quantitative estimate of drug-likeness (QED) is 0.342. The minimum absolute atomic E-state index is 0.115. The molecule has 6 heteroatoms. The van der Waals surface area contributed by atoms with Gasteiger partial charge < -0.3 is 18.9 Å². The molecule has 0 spiro atoms. The van der Waals surface area contributed by atoms with Crippen LogP contribution in [0.15, 0.2) is 0 Å². The Morgan fingerprint density at radius 1 is 0.850 bits per heavy atom. The minimum Gasteiger partial charge on any atom is -0.463 e. The number of rotatable bonds is 15. The molecule has 0 aromatic heterocycles. The van der Waals surface area contributed by atoms with Crippen LogP contribution in [-0.2, 0) is 23.7 Å². The van der Waals surface area contributed by atoms with Crippen LogP contribution in [0.5, 0.6) is 0 Å². The van der Waals surface area contributed by atoms with Gasteiger partial charge in [-0.25, -0.2) is 4.39 Å². The molecule has 0 fully saturated rings. The van der Waals surface area contributed by atoms with E-state index >= 15 is 0 Å². The van der Waals surface area contributed by atoms with Gasteiger partial charge in [-0.2, -0.15) is 0 Å². The number of halogens is 1. The molecule has 0 unspecified atom stereocenters. The summed E-state index contributed by atoms with van der Waals surface area (Å²) in [7, 11) is 0. The van der Waals surface area contributed by atoms with Gasteiger partial charge in [-0.05, 0) is 6.42 Å². The van der Waals surface area contributed by atoms with Crippen LogP contribution >= 0.6 is 0 Å². The average Bonchev–Trinajstić information content (AvgIpc) is 2.45. The first kappa shape index (κ1) is 19.3. The molecule has 5 nitrogen and oxygen atoms in total. The van der Waals surface area contributed by atoms with E-state index in [1.165, 1.54) is 0 Å². The maximum Gasteiger partial charge on any atom is 0.305 e. The summed E-state index contributed by atoms with van der Waals surface area (Å²) in [6.45, 7) is 4.10. The Labute approximate surface area is 120 Å². The standard InChI is InChI=1S/C14H27FO5/c1-2-3-4-5-14(16)20-13-12-19-11-10-18-9-8-17-7-6-15/h2-13H2,1H3. The lowest BCUT2D eigenvalue weighted by molar-refractivity contribution is -0.145. The van der Waals surface area contributed by atoms with Gasteiger partial charge in [-0.15, -0.1) is 0 Å². The van der Waals surface area contributed by atoms with E-state index in [1.54, 1.807) is 0 Å². The monoisotopic (exact) mass is 294 g/mol. The van der Waals surface area contributed by atoms with Gasteiger partial charge in [0.15, 0.2) is 0 Å². The molecule has 0 aliphatic rings. The Bertz CT molecular complexity index is 214. The molecule has 0 saturated carbocycles. The van der Waals surface area contributed by atoms with Crippen molar-refractivity contribution in [3.63, 3.8) is 0 Å². The van der Waals surface area contributed by atoms with Crippen molar-refractivity contribution < 1.29 is 28.1 Å². The first-order valence-electron chi connectivity index (χ1n) is 7.26. The third-order valence-electron chi connectivity index (χ3n) is 2.44. The highest BCUT2D eigenvalue weighted by Crippen LogP contribution is 2.00. The summed E-state index contributed by atoms with van der Waals surface area (Å²) in [6.07, 6.45) is 3.51. The van der Waals surface area contributed by atoms with Crippen LogP contribution in [0.1, 0.15) is 32.6 Å². The zero-order chi connectivity index (χ0) is 14.9. The molecule has 0 N–H and O–H groups in total. The van der Waals surface area contributed by atoms with Gasteiger partial charge in [-0.1, -0.05) is 19.8 Å². The maximum atomic E-state index is 11.7. The fraction of sp³-hybridized carbons (Fsp3) is 0.929. The molecule has 0 aliphatic carbocycles. The van der Waals surface area contributed by atoms with Crippen LogP contribution in [0, 0.1) is 0 Å². The number of ether oxygens (including phenoxy) is 4. The van der Waals surface area contributed by atoms with Crippen molar-refractivity contribution in [2.75, 3.05) is 52.9 Å². The van der Waals surface area contributed by atoms with Crippen LogP contribution in [0.2, 0.25) is 0 Å². The van der Waals surface area contributed by atoms with E-state index in [9.17, 15) is 9.18 Å². The number of hydrogen-bond donors (Lipinski definition) is 0. The first-order valence-corrected chi connectivity index (χ1v) is 7.26. The molecule has 0 aromatic carbocycles. The van der Waals surface area contributed by atoms with Crippen LogP contribution in [0.3, 0.4) is 0 Å². The fourth-order valence-electron chi connectivity index (χ4n) is 1.40. The Balaban J connectivity index is 3.07. The van der Waals surface area contributed by atoms with Crippen molar-refractivity contribution in [3.8, 4) is 0 Å². The molecule has 0 aromatic rings. The van der Waals surface area contributed by atoms with Crippen LogP contribution < -0.4 is 0 Å². The van der Waals surface area contributed by atoms with Crippen LogP contribution in [0.4, 0.5) is 4.39 Å². The predicted octanol–water partition coefficient (Wildman–Crippen LogP) is 2.13. The maximum absolute atomic E-state index is 11.7. The molecule has 0 saturated heterocycles. The van der Waals surface area contributed by atoms with Crippen molar-refractivity contribution in [3.05, 3.63) is 0 Å². The molecule has 0 bridgehead atoms. The van der Waals surface area contributed by atoms with Gasteiger partial charge in [0.05, 0.1) is 39.6 Å². The lowest BCUT2D eigenvalue weighted by Crippen LogP contribution is -2.14. The lowest BCUT2D eigenvalue weighted by Gasteiger charge is -2.07. The Morgan fingerprint density at radius 3 is 1.95 bits per heavy atom. The van der Waals surface area contributed by atoms with Crippen molar-refractivity contribution in [2.24, 2.45) is 0 Å². The van der Waals surface area contributed by atoms with E-state index in [2.05, 4.69) is 6.92 Å². The summed E-state index contributed by atoms with van der Waals surface area (Å²) in [6, 6.07) is 0. The van der Waals surface area contributed by atoms with E-state index in [0.29, 0.717) is 39.5 Å². The van der Waals surface area contributed by atoms with Crippen LogP contribution in [-0.4, -0.2) is 58.9 Å². The molecular formula is C14H27FO5. The summed E-state index contributed by atoms with van der Waals surface area (Å²) in [5.74, 6) is -0.164. The van der Waals surface area contributed by atoms with E-state index in [-0.39, 0.29) is 19.2 Å². The minimum atomic E-state index is -0.472. The SMILES string of the molecule is CCCCCC(=O)OCCOCCOCCOCCF. The number of unbranched alkanes of at least 4 members (excludes halogenated alkanes) is 2. The lowest BCUT2D eigenvalue weighted by atomic mass is 10.2. The van der Waals surface area contributed by atoms with Crippen LogP contribution in [0.25, 0.3) is 0 Å². The Kier molecular flexibility index (Phi) is 15.7. The average molecular weight is 294 g/mol. The molecule has 0 atom stereocenters. The number of alkyl halides is 1. The fourth-order valence-corrected chi connectivity index (χ4v) is 1.40. The van der Waals surface area contributed by atoms with Crippen molar-refractivity contribution in [1.29, 1.82) is 0 Å². The highest BCUT2D eigenvalue weighted by Gasteiger charge is 2.01.